The summed E-state index contributed by atoms with van der Waals surface area (Å²) in [5.74, 6) is 0.664. The maximum atomic E-state index is 12.4. The smallest absolute Gasteiger partial charge is 0.225 e. The number of carbonyl (C=O) groups excluding carboxylic acids is 1. The van der Waals surface area contributed by atoms with Gasteiger partial charge in [0.15, 0.2) is 0 Å². The summed E-state index contributed by atoms with van der Waals surface area (Å²) in [5.41, 5.74) is 0.945. The highest BCUT2D eigenvalue weighted by molar-refractivity contribution is 5.76. The molecule has 3 saturated heterocycles. The lowest BCUT2D eigenvalue weighted by Crippen LogP contribution is -2.42. The molecule has 160 valence electrons. The van der Waals surface area contributed by atoms with Crippen LogP contribution in [0.25, 0.3) is 0 Å². The Kier molecular flexibility index (Phi) is 6.61. The number of morpholine rings is 1. The van der Waals surface area contributed by atoms with Crippen LogP contribution in [0.4, 0.5) is 0 Å². The molecule has 5 atom stereocenters. The fourth-order valence-electron chi connectivity index (χ4n) is 4.24. The van der Waals surface area contributed by atoms with Crippen molar-refractivity contribution in [3.63, 3.8) is 0 Å². The average Bonchev–Trinajstić information content (AvgIpc) is 3.27. The lowest BCUT2D eigenvalue weighted by atomic mass is 10.1. The van der Waals surface area contributed by atoms with Crippen LogP contribution >= 0.6 is 0 Å². The number of aliphatic hydroxyl groups is 1. The van der Waals surface area contributed by atoms with Crippen LogP contribution in [-0.2, 0) is 25.5 Å². The average molecular weight is 407 g/mol. The van der Waals surface area contributed by atoms with E-state index in [9.17, 15) is 9.90 Å². The molecule has 4 heterocycles. The van der Waals surface area contributed by atoms with Crippen LogP contribution in [0.1, 0.15) is 18.4 Å². The Bertz CT molecular complexity index is 699. The zero-order valence-corrected chi connectivity index (χ0v) is 16.7. The van der Waals surface area contributed by atoms with E-state index < -0.39 is 6.10 Å². The molecule has 0 unspecified atom stereocenters. The van der Waals surface area contributed by atoms with Crippen LogP contribution < -0.4 is 10.1 Å². The summed E-state index contributed by atoms with van der Waals surface area (Å²) in [5, 5.41) is 13.9. The van der Waals surface area contributed by atoms with Crippen molar-refractivity contribution in [1.82, 2.24) is 15.2 Å². The molecular weight excluding hydrogens is 378 g/mol. The van der Waals surface area contributed by atoms with E-state index in [4.69, 9.17) is 18.9 Å². The van der Waals surface area contributed by atoms with E-state index in [0.29, 0.717) is 58.1 Å². The van der Waals surface area contributed by atoms with Crippen molar-refractivity contribution in [2.75, 3.05) is 40.0 Å². The van der Waals surface area contributed by atoms with Crippen molar-refractivity contribution in [3.05, 3.63) is 23.9 Å². The Morgan fingerprint density at radius 1 is 1.38 bits per heavy atom. The highest BCUT2D eigenvalue weighted by Crippen LogP contribution is 2.35. The molecular formula is C20H29N3O6. The number of methoxy groups -OCH3 is 1. The van der Waals surface area contributed by atoms with Crippen LogP contribution in [0.15, 0.2) is 18.3 Å². The van der Waals surface area contributed by atoms with Gasteiger partial charge in [0.2, 0.25) is 11.8 Å². The van der Waals surface area contributed by atoms with Crippen molar-refractivity contribution < 1.29 is 28.8 Å². The number of nitrogens with zero attached hydrogens (tertiary/aromatic N) is 2. The Balaban J connectivity index is 1.22. The number of pyridine rings is 1. The third kappa shape index (κ3) is 4.70. The number of carbonyl (C=O) groups is 1. The molecule has 9 nitrogen and oxygen atoms in total. The SMILES string of the molecule is COc1ncccc1CNC[C@H]1O[C@@H]2C[C@@H](CC(=O)N3CCOCC3)O[C@@H]2[C@@H]1O. The summed E-state index contributed by atoms with van der Waals surface area (Å²) < 4.78 is 22.5. The number of aromatic nitrogens is 1. The van der Waals surface area contributed by atoms with E-state index in [2.05, 4.69) is 10.3 Å². The van der Waals surface area contributed by atoms with Gasteiger partial charge in [-0.2, -0.15) is 0 Å². The second-order valence-corrected chi connectivity index (χ2v) is 7.66. The molecule has 3 aliphatic rings. The molecule has 0 radical (unpaired) electrons. The van der Waals surface area contributed by atoms with Crippen LogP contribution in [0, 0.1) is 0 Å². The Hall–Kier alpha value is -1.78. The molecule has 0 aliphatic carbocycles. The molecule has 3 aliphatic heterocycles. The Morgan fingerprint density at radius 2 is 2.21 bits per heavy atom. The zero-order valence-electron chi connectivity index (χ0n) is 16.7. The lowest BCUT2D eigenvalue weighted by molar-refractivity contribution is -0.138. The van der Waals surface area contributed by atoms with Crippen molar-refractivity contribution in [2.24, 2.45) is 0 Å². The summed E-state index contributed by atoms with van der Waals surface area (Å²) >= 11 is 0. The standard InChI is InChI=1S/C20H29N3O6/c1-26-20-13(3-2-4-22-20)11-21-12-16-18(25)19-15(29-16)9-14(28-19)10-17(24)23-5-7-27-8-6-23/h2-4,14-16,18-19,21,25H,5-12H2,1H3/t14-,15+,16+,18+,19-/m0/s1. The lowest BCUT2D eigenvalue weighted by Gasteiger charge is -2.28. The first kappa shape index (κ1) is 20.5. The highest BCUT2D eigenvalue weighted by Gasteiger charge is 2.50. The molecule has 0 bridgehead atoms. The van der Waals surface area contributed by atoms with Gasteiger partial charge in [-0.15, -0.1) is 0 Å². The number of aliphatic hydroxyl groups excluding tert-OH is 1. The van der Waals surface area contributed by atoms with Crippen molar-refractivity contribution in [3.8, 4) is 5.88 Å². The summed E-state index contributed by atoms with van der Waals surface area (Å²) in [6, 6.07) is 3.80. The van der Waals surface area contributed by atoms with Gasteiger partial charge in [-0.25, -0.2) is 4.98 Å². The first-order valence-electron chi connectivity index (χ1n) is 10.2. The fourth-order valence-corrected chi connectivity index (χ4v) is 4.24. The van der Waals surface area contributed by atoms with Gasteiger partial charge in [-0.3, -0.25) is 4.79 Å². The summed E-state index contributed by atoms with van der Waals surface area (Å²) in [6.07, 6.45) is 0.825. The molecule has 4 rings (SSSR count). The highest BCUT2D eigenvalue weighted by atomic mass is 16.6. The monoisotopic (exact) mass is 407 g/mol. The third-order valence-electron chi connectivity index (χ3n) is 5.75. The Morgan fingerprint density at radius 3 is 2.97 bits per heavy atom. The Labute approximate surface area is 170 Å². The topological polar surface area (TPSA) is 102 Å². The number of rotatable bonds is 7. The molecule has 2 N–H and O–H groups in total. The van der Waals surface area contributed by atoms with Gasteiger partial charge in [0.05, 0.1) is 45.1 Å². The maximum absolute atomic E-state index is 12.4. The van der Waals surface area contributed by atoms with Crippen molar-refractivity contribution in [1.29, 1.82) is 0 Å². The molecule has 0 saturated carbocycles. The van der Waals surface area contributed by atoms with E-state index in [-0.39, 0.29) is 30.3 Å². The molecule has 0 spiro atoms. The predicted octanol–water partition coefficient (Wildman–Crippen LogP) is -0.285. The summed E-state index contributed by atoms with van der Waals surface area (Å²) in [6.45, 7) is 3.50. The summed E-state index contributed by atoms with van der Waals surface area (Å²) in [4.78, 5) is 18.4. The van der Waals surface area contributed by atoms with Gasteiger partial charge < -0.3 is 34.3 Å². The second-order valence-electron chi connectivity index (χ2n) is 7.66. The maximum Gasteiger partial charge on any atom is 0.225 e. The minimum atomic E-state index is -0.716. The first-order chi connectivity index (χ1) is 14.2. The molecule has 9 heteroatoms. The fraction of sp³-hybridized carbons (Fsp3) is 0.700. The predicted molar refractivity (Wildman–Crippen MR) is 102 cm³/mol. The van der Waals surface area contributed by atoms with Gasteiger partial charge >= 0.3 is 0 Å². The van der Waals surface area contributed by atoms with Crippen LogP contribution in [0.5, 0.6) is 5.88 Å². The number of fused-ring (bicyclic) bond motifs is 1. The van der Waals surface area contributed by atoms with Crippen LogP contribution in [-0.4, -0.2) is 91.4 Å². The molecule has 1 aromatic rings. The van der Waals surface area contributed by atoms with E-state index in [1.807, 2.05) is 17.0 Å². The van der Waals surface area contributed by atoms with Crippen molar-refractivity contribution in [2.45, 2.75) is 49.9 Å². The second kappa shape index (κ2) is 9.36. The van der Waals surface area contributed by atoms with Crippen LogP contribution in [0.3, 0.4) is 0 Å². The minimum Gasteiger partial charge on any atom is -0.481 e. The number of hydrogen-bond donors (Lipinski definition) is 2. The van der Waals surface area contributed by atoms with Gasteiger partial charge in [-0.05, 0) is 6.07 Å². The first-order valence-corrected chi connectivity index (χ1v) is 10.2. The van der Waals surface area contributed by atoms with E-state index >= 15 is 0 Å². The minimum absolute atomic E-state index is 0.0800. The normalized spacial score (nSPS) is 31.7. The molecule has 0 aromatic carbocycles. The van der Waals surface area contributed by atoms with Crippen LogP contribution in [0.2, 0.25) is 0 Å². The number of amides is 1. The summed E-state index contributed by atoms with van der Waals surface area (Å²) in [7, 11) is 1.59. The largest absolute Gasteiger partial charge is 0.481 e. The number of nitrogens with one attached hydrogen (secondary N) is 1. The molecule has 1 amide bonds. The van der Waals surface area contributed by atoms with Gasteiger partial charge in [0.1, 0.15) is 12.2 Å². The van der Waals surface area contributed by atoms with E-state index in [1.54, 1.807) is 13.3 Å². The third-order valence-corrected chi connectivity index (χ3v) is 5.75. The van der Waals surface area contributed by atoms with Gasteiger partial charge in [0.25, 0.3) is 0 Å². The van der Waals surface area contributed by atoms with Crippen molar-refractivity contribution >= 4 is 5.91 Å². The quantitative estimate of drug-likeness (QED) is 0.636. The molecule has 1 aromatic heterocycles. The molecule has 3 fully saturated rings. The van der Waals surface area contributed by atoms with Gasteiger partial charge in [0, 0.05) is 44.4 Å². The number of hydrogen-bond acceptors (Lipinski definition) is 8. The molecule has 29 heavy (non-hydrogen) atoms. The zero-order chi connectivity index (χ0) is 20.2. The number of ether oxygens (including phenoxy) is 4. The van der Waals surface area contributed by atoms with E-state index in [0.717, 1.165) is 5.56 Å². The van der Waals surface area contributed by atoms with Gasteiger partial charge in [-0.1, -0.05) is 6.07 Å². The van der Waals surface area contributed by atoms with E-state index in [1.165, 1.54) is 0 Å².